The maximum atomic E-state index is 13.2. The van der Waals surface area contributed by atoms with Crippen LogP contribution in [0.25, 0.3) is 5.69 Å². The van der Waals surface area contributed by atoms with Crippen LogP contribution in [-0.2, 0) is 6.42 Å². The molecule has 0 aliphatic rings. The Morgan fingerprint density at radius 3 is 2.52 bits per heavy atom. The summed E-state index contributed by atoms with van der Waals surface area (Å²) in [5, 5.41) is 2.93. The molecule has 0 atom stereocenters. The van der Waals surface area contributed by atoms with E-state index in [2.05, 4.69) is 9.88 Å². The number of hydrogen-bond acceptors (Lipinski definition) is 1. The van der Waals surface area contributed by atoms with Gasteiger partial charge in [-0.25, -0.2) is 4.39 Å². The van der Waals surface area contributed by atoms with Crippen LogP contribution >= 0.6 is 0 Å². The topological polar surface area (TPSA) is 34.0 Å². The quantitative estimate of drug-likeness (QED) is 0.744. The Morgan fingerprint density at radius 2 is 1.80 bits per heavy atom. The summed E-state index contributed by atoms with van der Waals surface area (Å²) in [6, 6.07) is 18.3. The van der Waals surface area contributed by atoms with Gasteiger partial charge in [-0.15, -0.1) is 0 Å². The molecule has 1 heterocycles. The zero-order valence-corrected chi connectivity index (χ0v) is 14.4. The second kappa shape index (κ2) is 7.34. The van der Waals surface area contributed by atoms with Gasteiger partial charge in [-0.3, -0.25) is 4.79 Å². The molecule has 1 N–H and O–H groups in total. The van der Waals surface area contributed by atoms with Gasteiger partial charge in [0.05, 0.1) is 5.56 Å². The van der Waals surface area contributed by atoms with Crippen LogP contribution in [0.2, 0.25) is 0 Å². The van der Waals surface area contributed by atoms with Crippen LogP contribution in [-0.4, -0.2) is 17.0 Å². The van der Waals surface area contributed by atoms with Gasteiger partial charge in [0, 0.05) is 23.6 Å². The average molecular weight is 336 g/mol. The van der Waals surface area contributed by atoms with Crippen molar-refractivity contribution in [2.24, 2.45) is 0 Å². The highest BCUT2D eigenvalue weighted by Crippen LogP contribution is 2.20. The molecule has 4 heteroatoms. The van der Waals surface area contributed by atoms with E-state index in [-0.39, 0.29) is 11.7 Å². The minimum atomic E-state index is -0.254. The van der Waals surface area contributed by atoms with Crippen LogP contribution < -0.4 is 5.32 Å². The van der Waals surface area contributed by atoms with E-state index in [4.69, 9.17) is 0 Å². The molecule has 0 saturated heterocycles. The molecule has 1 amide bonds. The van der Waals surface area contributed by atoms with E-state index in [0.29, 0.717) is 18.5 Å². The molecule has 0 bridgehead atoms. The van der Waals surface area contributed by atoms with Crippen molar-refractivity contribution in [3.05, 3.63) is 89.0 Å². The van der Waals surface area contributed by atoms with Crippen LogP contribution in [0.15, 0.2) is 60.7 Å². The lowest BCUT2D eigenvalue weighted by atomic mass is 10.1. The summed E-state index contributed by atoms with van der Waals surface area (Å²) in [6.45, 7) is 4.41. The number of carbonyl (C=O) groups excluding carboxylic acids is 1. The van der Waals surface area contributed by atoms with E-state index in [1.807, 2.05) is 56.3 Å². The van der Waals surface area contributed by atoms with E-state index in [1.54, 1.807) is 6.07 Å². The third-order valence-corrected chi connectivity index (χ3v) is 4.28. The Kier molecular flexibility index (Phi) is 4.98. The van der Waals surface area contributed by atoms with Crippen molar-refractivity contribution in [2.45, 2.75) is 20.3 Å². The second-order valence-corrected chi connectivity index (χ2v) is 6.09. The molecule has 25 heavy (non-hydrogen) atoms. The second-order valence-electron chi connectivity index (χ2n) is 6.09. The van der Waals surface area contributed by atoms with E-state index in [9.17, 15) is 9.18 Å². The molecule has 3 nitrogen and oxygen atoms in total. The number of halogens is 1. The predicted molar refractivity (Wildman–Crippen MR) is 97.7 cm³/mol. The first kappa shape index (κ1) is 17.0. The highest BCUT2D eigenvalue weighted by Gasteiger charge is 2.16. The molecule has 0 aliphatic carbocycles. The standard InChI is InChI=1S/C21H21FN2O/c1-15-13-20(16(2)24(15)19-9-4-3-5-10-19)21(25)23-12-11-17-7-6-8-18(22)14-17/h3-10,13-14H,11-12H2,1-2H3,(H,23,25). The summed E-state index contributed by atoms with van der Waals surface area (Å²) in [4.78, 5) is 12.5. The largest absolute Gasteiger partial charge is 0.352 e. The van der Waals surface area contributed by atoms with Crippen LogP contribution in [0.3, 0.4) is 0 Å². The summed E-state index contributed by atoms with van der Waals surface area (Å²) in [7, 11) is 0. The summed E-state index contributed by atoms with van der Waals surface area (Å²) in [5.41, 5.74) is 4.50. The number of hydrogen-bond donors (Lipinski definition) is 1. The number of aromatic nitrogens is 1. The van der Waals surface area contributed by atoms with E-state index in [0.717, 1.165) is 22.6 Å². The number of aryl methyl sites for hydroxylation is 1. The molecule has 0 radical (unpaired) electrons. The van der Waals surface area contributed by atoms with Gasteiger partial charge < -0.3 is 9.88 Å². The van der Waals surface area contributed by atoms with Gasteiger partial charge in [0.25, 0.3) is 5.91 Å². The van der Waals surface area contributed by atoms with Gasteiger partial charge in [-0.05, 0) is 56.2 Å². The van der Waals surface area contributed by atoms with Crippen molar-refractivity contribution >= 4 is 5.91 Å². The number of nitrogens with zero attached hydrogens (tertiary/aromatic N) is 1. The third-order valence-electron chi connectivity index (χ3n) is 4.28. The highest BCUT2D eigenvalue weighted by molar-refractivity contribution is 5.95. The number of para-hydroxylation sites is 1. The summed E-state index contributed by atoms with van der Waals surface area (Å²) in [6.07, 6.45) is 0.598. The van der Waals surface area contributed by atoms with Crippen LogP contribution in [0.5, 0.6) is 0 Å². The minimum absolute atomic E-state index is 0.105. The molecule has 128 valence electrons. The monoisotopic (exact) mass is 336 g/mol. The van der Waals surface area contributed by atoms with Crippen molar-refractivity contribution in [1.82, 2.24) is 9.88 Å². The van der Waals surface area contributed by atoms with Crippen molar-refractivity contribution in [2.75, 3.05) is 6.54 Å². The zero-order chi connectivity index (χ0) is 17.8. The maximum absolute atomic E-state index is 13.2. The molecule has 2 aromatic carbocycles. The highest BCUT2D eigenvalue weighted by atomic mass is 19.1. The van der Waals surface area contributed by atoms with E-state index >= 15 is 0 Å². The molecule has 3 rings (SSSR count). The maximum Gasteiger partial charge on any atom is 0.253 e. The summed E-state index contributed by atoms with van der Waals surface area (Å²) in [5.74, 6) is -0.359. The smallest absolute Gasteiger partial charge is 0.253 e. The number of rotatable bonds is 5. The Bertz CT molecular complexity index is 884. The lowest BCUT2D eigenvalue weighted by molar-refractivity contribution is 0.0953. The molecular formula is C21H21FN2O. The molecule has 3 aromatic rings. The molecule has 0 saturated carbocycles. The summed E-state index contributed by atoms with van der Waals surface area (Å²) < 4.78 is 15.3. The Balaban J connectivity index is 1.71. The van der Waals surface area contributed by atoms with Crippen molar-refractivity contribution in [1.29, 1.82) is 0 Å². The normalized spacial score (nSPS) is 10.7. The van der Waals surface area contributed by atoms with Crippen molar-refractivity contribution in [3.63, 3.8) is 0 Å². The Labute approximate surface area is 147 Å². The fourth-order valence-electron chi connectivity index (χ4n) is 3.08. The molecule has 1 aromatic heterocycles. The first-order chi connectivity index (χ1) is 12.1. The lowest BCUT2D eigenvalue weighted by Gasteiger charge is -2.10. The van der Waals surface area contributed by atoms with Gasteiger partial charge in [0.1, 0.15) is 5.82 Å². The van der Waals surface area contributed by atoms with E-state index < -0.39 is 0 Å². The van der Waals surface area contributed by atoms with Crippen LogP contribution in [0.1, 0.15) is 27.3 Å². The molecule has 0 aliphatic heterocycles. The first-order valence-corrected chi connectivity index (χ1v) is 8.33. The van der Waals surface area contributed by atoms with Crippen molar-refractivity contribution < 1.29 is 9.18 Å². The third kappa shape index (κ3) is 3.79. The first-order valence-electron chi connectivity index (χ1n) is 8.33. The zero-order valence-electron chi connectivity index (χ0n) is 14.4. The van der Waals surface area contributed by atoms with E-state index in [1.165, 1.54) is 12.1 Å². The molecule has 0 spiro atoms. The van der Waals surface area contributed by atoms with Gasteiger partial charge in [-0.2, -0.15) is 0 Å². The van der Waals surface area contributed by atoms with Gasteiger partial charge in [-0.1, -0.05) is 30.3 Å². The van der Waals surface area contributed by atoms with Gasteiger partial charge >= 0.3 is 0 Å². The predicted octanol–water partition coefficient (Wildman–Crippen LogP) is 4.21. The van der Waals surface area contributed by atoms with Gasteiger partial charge in [0.15, 0.2) is 0 Å². The number of nitrogens with one attached hydrogen (secondary N) is 1. The summed E-state index contributed by atoms with van der Waals surface area (Å²) >= 11 is 0. The van der Waals surface area contributed by atoms with Crippen LogP contribution in [0.4, 0.5) is 4.39 Å². The fourth-order valence-corrected chi connectivity index (χ4v) is 3.08. The number of benzene rings is 2. The van der Waals surface area contributed by atoms with Crippen molar-refractivity contribution in [3.8, 4) is 5.69 Å². The molecule has 0 fully saturated rings. The molecular weight excluding hydrogens is 315 g/mol. The lowest BCUT2D eigenvalue weighted by Crippen LogP contribution is -2.26. The molecule has 0 unspecified atom stereocenters. The number of amides is 1. The Morgan fingerprint density at radius 1 is 1.04 bits per heavy atom. The van der Waals surface area contributed by atoms with Crippen LogP contribution in [0, 0.1) is 19.7 Å². The Hall–Kier alpha value is -2.88. The SMILES string of the molecule is Cc1cc(C(=O)NCCc2cccc(F)c2)c(C)n1-c1ccccc1. The van der Waals surface area contributed by atoms with Gasteiger partial charge in [0.2, 0.25) is 0 Å². The minimum Gasteiger partial charge on any atom is -0.352 e. The fraction of sp³-hybridized carbons (Fsp3) is 0.190. The average Bonchev–Trinajstić information content (AvgIpc) is 2.90. The number of carbonyl (C=O) groups is 1.